The Bertz CT molecular complexity index is 1550. The van der Waals surface area contributed by atoms with Gasteiger partial charge in [0.25, 0.3) is 11.8 Å². The molecule has 0 saturated heterocycles. The van der Waals surface area contributed by atoms with Gasteiger partial charge >= 0.3 is 0 Å². The molecule has 3 aromatic rings. The molecule has 1 heterocycles. The highest BCUT2D eigenvalue weighted by molar-refractivity contribution is 6.35. The molecule has 43 heavy (non-hydrogen) atoms. The molecule has 11 nitrogen and oxygen atoms in total. The van der Waals surface area contributed by atoms with Crippen LogP contribution in [-0.4, -0.2) is 67.8 Å². The van der Waals surface area contributed by atoms with Crippen LogP contribution in [0.3, 0.4) is 0 Å². The average molecular weight is 626 g/mol. The number of ether oxygens (including phenoxy) is 2. The first-order valence-electron chi connectivity index (χ1n) is 13.1. The fraction of sp³-hybridized carbons (Fsp3) is 0.233. The molecule has 0 aliphatic carbocycles. The summed E-state index contributed by atoms with van der Waals surface area (Å²) >= 11 is 12.3. The molecule has 4 rings (SSSR count). The Balaban J connectivity index is 1.39. The topological polar surface area (TPSA) is 150 Å². The van der Waals surface area contributed by atoms with Crippen molar-refractivity contribution in [3.63, 3.8) is 0 Å². The van der Waals surface area contributed by atoms with Crippen molar-refractivity contribution in [3.8, 4) is 11.5 Å². The van der Waals surface area contributed by atoms with Crippen LogP contribution < -0.4 is 25.4 Å². The Hall–Kier alpha value is -4.61. The van der Waals surface area contributed by atoms with Crippen LogP contribution in [-0.2, 0) is 22.4 Å². The normalized spacial score (nSPS) is 12.8. The lowest BCUT2D eigenvalue weighted by molar-refractivity contribution is -0.123. The number of carbonyl (C=O) groups is 4. The second kappa shape index (κ2) is 14.0. The number of benzene rings is 3. The van der Waals surface area contributed by atoms with Crippen LogP contribution in [0.1, 0.15) is 31.8 Å². The van der Waals surface area contributed by atoms with E-state index < -0.39 is 35.6 Å². The maximum Gasteiger partial charge on any atom is 0.261 e. The molecule has 4 amide bonds. The number of hydrogen-bond acceptors (Lipinski definition) is 7. The van der Waals surface area contributed by atoms with Crippen LogP contribution >= 0.6 is 23.2 Å². The molecule has 3 aromatic carbocycles. The van der Waals surface area contributed by atoms with Crippen LogP contribution in [0.25, 0.3) is 0 Å². The van der Waals surface area contributed by atoms with Crippen molar-refractivity contribution in [2.24, 2.45) is 0 Å². The van der Waals surface area contributed by atoms with E-state index >= 15 is 0 Å². The minimum Gasteiger partial charge on any atom is -0.493 e. The zero-order chi connectivity index (χ0) is 31.1. The largest absolute Gasteiger partial charge is 0.493 e. The molecule has 0 fully saturated rings. The highest BCUT2D eigenvalue weighted by Crippen LogP contribution is 2.28. The second-order valence-electron chi connectivity index (χ2n) is 9.52. The average Bonchev–Trinajstić information content (AvgIpc) is 3.22. The summed E-state index contributed by atoms with van der Waals surface area (Å²) < 4.78 is 10.5. The lowest BCUT2D eigenvalue weighted by Gasteiger charge is -2.22. The van der Waals surface area contributed by atoms with Gasteiger partial charge in [0.05, 0.1) is 31.8 Å². The van der Waals surface area contributed by atoms with Crippen molar-refractivity contribution in [1.29, 1.82) is 5.41 Å². The van der Waals surface area contributed by atoms with Crippen molar-refractivity contribution in [2.75, 3.05) is 27.3 Å². The zero-order valence-corrected chi connectivity index (χ0v) is 24.8. The summed E-state index contributed by atoms with van der Waals surface area (Å²) in [6.07, 6.45) is -0.0205. The van der Waals surface area contributed by atoms with Gasteiger partial charge in [-0.05, 0) is 47.5 Å². The molecule has 0 radical (unpaired) electrons. The van der Waals surface area contributed by atoms with Crippen LogP contribution in [0.5, 0.6) is 11.5 Å². The van der Waals surface area contributed by atoms with E-state index in [0.717, 1.165) is 4.90 Å². The van der Waals surface area contributed by atoms with E-state index in [9.17, 15) is 19.2 Å². The summed E-state index contributed by atoms with van der Waals surface area (Å²) in [5.41, 5.74) is 1.82. The number of carbonyl (C=O) groups excluding carboxylic acids is 4. The quantitative estimate of drug-likeness (QED) is 0.145. The van der Waals surface area contributed by atoms with Gasteiger partial charge in [0, 0.05) is 29.6 Å². The number of nitrogens with zero attached hydrogens (tertiary/aromatic N) is 1. The van der Waals surface area contributed by atoms with Gasteiger partial charge in [-0.15, -0.1) is 0 Å². The lowest BCUT2D eigenvalue weighted by atomic mass is 10.1. The molecule has 0 bridgehead atoms. The summed E-state index contributed by atoms with van der Waals surface area (Å²) in [6, 6.07) is 15.3. The first-order valence-corrected chi connectivity index (χ1v) is 13.9. The molecule has 13 heteroatoms. The molecule has 1 aliphatic heterocycles. The first-order chi connectivity index (χ1) is 20.6. The highest BCUT2D eigenvalue weighted by atomic mass is 35.5. The van der Waals surface area contributed by atoms with Gasteiger partial charge in [-0.2, -0.15) is 0 Å². The Morgan fingerprint density at radius 2 is 1.60 bits per heavy atom. The van der Waals surface area contributed by atoms with Crippen LogP contribution in [0.4, 0.5) is 0 Å². The fourth-order valence-electron chi connectivity index (χ4n) is 4.54. The second-order valence-corrected chi connectivity index (χ2v) is 10.4. The minimum absolute atomic E-state index is 0.0319. The molecule has 224 valence electrons. The number of fused-ring (bicyclic) bond motifs is 1. The van der Waals surface area contributed by atoms with Gasteiger partial charge in [0.15, 0.2) is 17.5 Å². The molecule has 0 unspecified atom stereocenters. The third-order valence-corrected chi connectivity index (χ3v) is 7.25. The van der Waals surface area contributed by atoms with E-state index in [4.69, 9.17) is 38.1 Å². The molecule has 1 aliphatic rings. The van der Waals surface area contributed by atoms with E-state index in [1.165, 1.54) is 20.3 Å². The van der Waals surface area contributed by atoms with Gasteiger partial charge < -0.3 is 20.1 Å². The summed E-state index contributed by atoms with van der Waals surface area (Å²) in [7, 11) is 2.99. The van der Waals surface area contributed by atoms with Gasteiger partial charge in [0.1, 0.15) is 6.04 Å². The Labute approximate surface area is 257 Å². The zero-order valence-electron chi connectivity index (χ0n) is 23.3. The number of imide groups is 1. The summed E-state index contributed by atoms with van der Waals surface area (Å²) in [5, 5.41) is 16.9. The molecule has 1 atom stereocenters. The van der Waals surface area contributed by atoms with Crippen molar-refractivity contribution < 1.29 is 28.7 Å². The smallest absolute Gasteiger partial charge is 0.261 e. The highest BCUT2D eigenvalue weighted by Gasteiger charge is 2.34. The lowest BCUT2D eigenvalue weighted by Crippen LogP contribution is -2.53. The molecule has 4 N–H and O–H groups in total. The Morgan fingerprint density at radius 3 is 2.23 bits per heavy atom. The summed E-state index contributed by atoms with van der Waals surface area (Å²) in [5.74, 6) is -1.35. The number of amides is 4. The van der Waals surface area contributed by atoms with Crippen molar-refractivity contribution >= 4 is 52.8 Å². The number of nitrogens with one attached hydrogen (secondary N) is 4. The van der Waals surface area contributed by atoms with E-state index in [-0.39, 0.29) is 25.9 Å². The van der Waals surface area contributed by atoms with Crippen molar-refractivity contribution in [1.82, 2.24) is 20.9 Å². The first kappa shape index (κ1) is 31.3. The van der Waals surface area contributed by atoms with Gasteiger partial charge in [-0.25, -0.2) is 0 Å². The van der Waals surface area contributed by atoms with Crippen molar-refractivity contribution in [3.05, 3.63) is 93.0 Å². The number of halogens is 2. The van der Waals surface area contributed by atoms with Crippen LogP contribution in [0.2, 0.25) is 10.0 Å². The monoisotopic (exact) mass is 625 g/mol. The molecule has 0 aromatic heterocycles. The maximum atomic E-state index is 13.3. The number of methoxy groups -OCH3 is 2. The number of hydrogen-bond donors (Lipinski definition) is 4. The maximum absolute atomic E-state index is 13.3. The Kier molecular flexibility index (Phi) is 10.2. The van der Waals surface area contributed by atoms with Crippen LogP contribution in [0.15, 0.2) is 60.7 Å². The molecule has 0 spiro atoms. The predicted molar refractivity (Wildman–Crippen MR) is 161 cm³/mol. The van der Waals surface area contributed by atoms with Gasteiger partial charge in [-0.3, -0.25) is 34.8 Å². The standard InChI is InChI=1S/C30H29Cl2N5O6/c1-42-24-10-7-17(13-25(24)43-2)14-26(38)36-30(33)35-23(15-18-8-9-19(31)16-22(18)32)27(39)34-11-12-37-28(40)20-5-3-4-6-21(20)29(37)41/h3-10,13,16,23H,11-12,14-15H2,1-2H3,(H,34,39)(H3,33,35,36,38)/t23-/m0/s1. The summed E-state index contributed by atoms with van der Waals surface area (Å²) in [4.78, 5) is 52.3. The van der Waals surface area contributed by atoms with Gasteiger partial charge in [-0.1, -0.05) is 47.5 Å². The van der Waals surface area contributed by atoms with Crippen molar-refractivity contribution in [2.45, 2.75) is 18.9 Å². The third kappa shape index (κ3) is 7.62. The van der Waals surface area contributed by atoms with E-state index in [1.807, 2.05) is 0 Å². The SMILES string of the molecule is COc1ccc(CC(=O)NC(=N)N[C@@H](Cc2ccc(Cl)cc2Cl)C(=O)NCCN2C(=O)c3ccccc3C2=O)cc1OC. The Morgan fingerprint density at radius 1 is 0.930 bits per heavy atom. The van der Waals surface area contributed by atoms with E-state index in [0.29, 0.717) is 43.8 Å². The molecular formula is C30H29Cl2N5O6. The predicted octanol–water partition coefficient (Wildman–Crippen LogP) is 3.22. The molecular weight excluding hydrogens is 597 g/mol. The van der Waals surface area contributed by atoms with E-state index in [2.05, 4.69) is 16.0 Å². The minimum atomic E-state index is -1.05. The van der Waals surface area contributed by atoms with Crippen LogP contribution in [0, 0.1) is 5.41 Å². The number of guanidine groups is 1. The molecule has 0 saturated carbocycles. The number of rotatable bonds is 11. The third-order valence-electron chi connectivity index (χ3n) is 6.66. The summed E-state index contributed by atoms with van der Waals surface area (Å²) in [6.45, 7) is -0.0815. The van der Waals surface area contributed by atoms with E-state index in [1.54, 1.807) is 54.6 Å². The fourth-order valence-corrected chi connectivity index (χ4v) is 5.03. The van der Waals surface area contributed by atoms with Gasteiger partial charge in [0.2, 0.25) is 11.8 Å².